The first-order chi connectivity index (χ1) is 8.49. The predicted molar refractivity (Wildman–Crippen MR) is 71.6 cm³/mol. The van der Waals surface area contributed by atoms with E-state index < -0.39 is 0 Å². The Balaban J connectivity index is 2.30. The van der Waals surface area contributed by atoms with Crippen molar-refractivity contribution < 1.29 is 9.18 Å². The highest BCUT2D eigenvalue weighted by molar-refractivity contribution is 5.94. The Morgan fingerprint density at radius 2 is 2.06 bits per heavy atom. The molecule has 98 valence electrons. The Labute approximate surface area is 108 Å². The zero-order chi connectivity index (χ0) is 13.3. The summed E-state index contributed by atoms with van der Waals surface area (Å²) in [6.45, 7) is 6.67. The lowest BCUT2D eigenvalue weighted by Gasteiger charge is -2.38. The molecule has 1 saturated heterocycles. The van der Waals surface area contributed by atoms with Gasteiger partial charge >= 0.3 is 0 Å². The number of rotatable bonds is 2. The van der Waals surface area contributed by atoms with Crippen LogP contribution < -0.4 is 4.90 Å². The Morgan fingerprint density at radius 1 is 1.33 bits per heavy atom. The van der Waals surface area contributed by atoms with E-state index in [0.717, 1.165) is 13.0 Å². The minimum atomic E-state index is -0.288. The second-order valence-corrected chi connectivity index (χ2v) is 5.41. The van der Waals surface area contributed by atoms with E-state index in [0.29, 0.717) is 23.2 Å². The van der Waals surface area contributed by atoms with Gasteiger partial charge in [0.2, 0.25) is 0 Å². The maximum atomic E-state index is 14.1. The van der Waals surface area contributed by atoms with Gasteiger partial charge in [0, 0.05) is 18.2 Å². The molecule has 1 aliphatic rings. The van der Waals surface area contributed by atoms with Crippen molar-refractivity contribution in [2.75, 3.05) is 11.4 Å². The van der Waals surface area contributed by atoms with Crippen LogP contribution in [0.4, 0.5) is 10.1 Å². The van der Waals surface area contributed by atoms with Gasteiger partial charge in [-0.25, -0.2) is 4.39 Å². The highest BCUT2D eigenvalue weighted by Gasteiger charge is 2.25. The van der Waals surface area contributed by atoms with E-state index in [1.54, 1.807) is 12.1 Å². The second-order valence-electron chi connectivity index (χ2n) is 5.41. The number of halogens is 1. The molecule has 0 N–H and O–H groups in total. The molecule has 1 aromatic rings. The standard InChI is InChI=1S/C15H20FNO/c1-10-4-5-11(2)17(9-10)15-7-6-13(12(3)18)8-14(15)16/h6-8,10-11H,4-5,9H2,1-3H3. The van der Waals surface area contributed by atoms with E-state index in [1.807, 2.05) is 0 Å². The summed E-state index contributed by atoms with van der Waals surface area (Å²) in [6, 6.07) is 5.16. The topological polar surface area (TPSA) is 20.3 Å². The third-order valence-electron chi connectivity index (χ3n) is 3.78. The van der Waals surface area contributed by atoms with Gasteiger partial charge in [-0.2, -0.15) is 0 Å². The molecule has 2 nitrogen and oxygen atoms in total. The van der Waals surface area contributed by atoms with Gasteiger partial charge in [0.15, 0.2) is 5.78 Å². The fourth-order valence-electron chi connectivity index (χ4n) is 2.58. The maximum Gasteiger partial charge on any atom is 0.159 e. The molecule has 0 aromatic heterocycles. The summed E-state index contributed by atoms with van der Waals surface area (Å²) in [4.78, 5) is 13.3. The average molecular weight is 249 g/mol. The van der Waals surface area contributed by atoms with E-state index in [1.165, 1.54) is 19.4 Å². The van der Waals surface area contributed by atoms with Crippen LogP contribution in [0.25, 0.3) is 0 Å². The van der Waals surface area contributed by atoms with Crippen LogP contribution in [0, 0.1) is 11.7 Å². The first kappa shape index (κ1) is 13.1. The largest absolute Gasteiger partial charge is 0.366 e. The number of carbonyl (C=O) groups is 1. The smallest absolute Gasteiger partial charge is 0.159 e. The Hall–Kier alpha value is -1.38. The number of Topliss-reactive ketones (excluding diaryl/α,β-unsaturated/α-hetero) is 1. The van der Waals surface area contributed by atoms with Gasteiger partial charge in [0.25, 0.3) is 0 Å². The minimum Gasteiger partial charge on any atom is -0.366 e. The quantitative estimate of drug-likeness (QED) is 0.746. The van der Waals surface area contributed by atoms with Crippen LogP contribution in [-0.4, -0.2) is 18.4 Å². The van der Waals surface area contributed by atoms with Gasteiger partial charge in [-0.05, 0) is 50.8 Å². The van der Waals surface area contributed by atoms with E-state index in [4.69, 9.17) is 0 Å². The molecule has 1 heterocycles. The van der Waals surface area contributed by atoms with Gasteiger partial charge in [0.05, 0.1) is 5.69 Å². The molecule has 1 fully saturated rings. The molecule has 3 heteroatoms. The number of piperidine rings is 1. The third-order valence-corrected chi connectivity index (χ3v) is 3.78. The molecule has 0 saturated carbocycles. The van der Waals surface area contributed by atoms with Crippen molar-refractivity contribution in [1.29, 1.82) is 0 Å². The fraction of sp³-hybridized carbons (Fsp3) is 0.533. The van der Waals surface area contributed by atoms with E-state index >= 15 is 0 Å². The Kier molecular flexibility index (Phi) is 3.69. The monoisotopic (exact) mass is 249 g/mol. The van der Waals surface area contributed by atoms with Crippen molar-refractivity contribution >= 4 is 11.5 Å². The van der Waals surface area contributed by atoms with Crippen molar-refractivity contribution in [3.63, 3.8) is 0 Å². The summed E-state index contributed by atoms with van der Waals surface area (Å²) >= 11 is 0. The molecule has 2 rings (SSSR count). The molecule has 0 amide bonds. The van der Waals surface area contributed by atoms with E-state index in [9.17, 15) is 9.18 Å². The molecule has 1 aliphatic heterocycles. The number of carbonyl (C=O) groups excluding carboxylic acids is 1. The third kappa shape index (κ3) is 2.55. The number of hydrogen-bond acceptors (Lipinski definition) is 2. The highest BCUT2D eigenvalue weighted by Crippen LogP contribution is 2.29. The van der Waals surface area contributed by atoms with Gasteiger partial charge < -0.3 is 4.90 Å². The number of nitrogens with zero attached hydrogens (tertiary/aromatic N) is 1. The SMILES string of the molecule is CC(=O)c1ccc(N2CC(C)CCC2C)c(F)c1. The molecular formula is C15H20FNO. The van der Waals surface area contributed by atoms with Crippen LogP contribution in [0.3, 0.4) is 0 Å². The molecule has 2 unspecified atom stereocenters. The van der Waals surface area contributed by atoms with E-state index in [-0.39, 0.29) is 11.6 Å². The Morgan fingerprint density at radius 3 is 2.67 bits per heavy atom. The van der Waals surface area contributed by atoms with Crippen molar-refractivity contribution in [1.82, 2.24) is 0 Å². The average Bonchev–Trinajstić information content (AvgIpc) is 2.32. The molecule has 0 bridgehead atoms. The second kappa shape index (κ2) is 5.09. The summed E-state index contributed by atoms with van der Waals surface area (Å²) < 4.78 is 14.1. The minimum absolute atomic E-state index is 0.0967. The van der Waals surface area contributed by atoms with Gasteiger partial charge in [-0.1, -0.05) is 6.92 Å². The fourth-order valence-corrected chi connectivity index (χ4v) is 2.58. The number of benzene rings is 1. The van der Waals surface area contributed by atoms with Crippen LogP contribution in [0.1, 0.15) is 44.0 Å². The Bertz CT molecular complexity index is 458. The van der Waals surface area contributed by atoms with Crippen LogP contribution >= 0.6 is 0 Å². The molecule has 1 aromatic carbocycles. The highest BCUT2D eigenvalue weighted by atomic mass is 19.1. The van der Waals surface area contributed by atoms with Crippen LogP contribution in [0.15, 0.2) is 18.2 Å². The normalized spacial score (nSPS) is 24.1. The number of hydrogen-bond donors (Lipinski definition) is 0. The molecule has 0 spiro atoms. The van der Waals surface area contributed by atoms with Gasteiger partial charge in [-0.15, -0.1) is 0 Å². The molecular weight excluding hydrogens is 229 g/mol. The van der Waals surface area contributed by atoms with E-state index in [2.05, 4.69) is 18.7 Å². The molecule has 18 heavy (non-hydrogen) atoms. The molecule has 2 atom stereocenters. The van der Waals surface area contributed by atoms with Crippen molar-refractivity contribution in [2.45, 2.75) is 39.7 Å². The maximum absolute atomic E-state index is 14.1. The zero-order valence-corrected chi connectivity index (χ0v) is 11.2. The van der Waals surface area contributed by atoms with Crippen molar-refractivity contribution in [2.24, 2.45) is 5.92 Å². The lowest BCUT2D eigenvalue weighted by molar-refractivity contribution is 0.101. The summed E-state index contributed by atoms with van der Waals surface area (Å²) in [5.41, 5.74) is 1.06. The van der Waals surface area contributed by atoms with Crippen molar-refractivity contribution in [3.05, 3.63) is 29.6 Å². The van der Waals surface area contributed by atoms with Crippen LogP contribution in [-0.2, 0) is 0 Å². The summed E-state index contributed by atoms with van der Waals surface area (Å²) in [5.74, 6) is 0.206. The van der Waals surface area contributed by atoms with Crippen molar-refractivity contribution in [3.8, 4) is 0 Å². The van der Waals surface area contributed by atoms with Crippen LogP contribution in [0.5, 0.6) is 0 Å². The lowest BCUT2D eigenvalue weighted by Crippen LogP contribution is -2.41. The first-order valence-corrected chi connectivity index (χ1v) is 6.56. The summed E-state index contributed by atoms with van der Waals surface area (Å²) in [5, 5.41) is 0. The number of anilines is 1. The number of ketones is 1. The van der Waals surface area contributed by atoms with Crippen LogP contribution in [0.2, 0.25) is 0 Å². The lowest BCUT2D eigenvalue weighted by atomic mass is 9.94. The molecule has 0 aliphatic carbocycles. The summed E-state index contributed by atoms with van der Waals surface area (Å²) in [7, 11) is 0. The first-order valence-electron chi connectivity index (χ1n) is 6.56. The molecule has 0 radical (unpaired) electrons. The van der Waals surface area contributed by atoms with Gasteiger partial charge in [0.1, 0.15) is 5.82 Å². The van der Waals surface area contributed by atoms with Gasteiger partial charge in [-0.3, -0.25) is 4.79 Å². The zero-order valence-electron chi connectivity index (χ0n) is 11.2. The predicted octanol–water partition coefficient (Wildman–Crippen LogP) is 3.65. The summed E-state index contributed by atoms with van der Waals surface area (Å²) in [6.07, 6.45) is 2.29.